The van der Waals surface area contributed by atoms with Gasteiger partial charge in [-0.05, 0) is 41.8 Å². The number of hydrogen-bond acceptors (Lipinski definition) is 5. The average molecular weight is 328 g/mol. The van der Waals surface area contributed by atoms with Crippen molar-refractivity contribution in [2.75, 3.05) is 0 Å². The van der Waals surface area contributed by atoms with E-state index >= 15 is 0 Å². The second-order valence-electron chi connectivity index (χ2n) is 5.51. The van der Waals surface area contributed by atoms with E-state index in [1.807, 2.05) is 0 Å². The van der Waals surface area contributed by atoms with E-state index in [4.69, 9.17) is 0 Å². The number of amides is 1. The Balaban J connectivity index is 1.54. The molecule has 1 amide bonds. The molecule has 1 aliphatic heterocycles. The lowest BCUT2D eigenvalue weighted by atomic mass is 10.0. The van der Waals surface area contributed by atoms with Gasteiger partial charge in [-0.25, -0.2) is 20.7 Å². The van der Waals surface area contributed by atoms with Crippen molar-refractivity contribution in [3.8, 4) is 5.75 Å². The van der Waals surface area contributed by atoms with Gasteiger partial charge < -0.3 is 5.11 Å². The van der Waals surface area contributed by atoms with E-state index < -0.39 is 6.04 Å². The molecule has 1 aliphatic rings. The fraction of sp³-hybridized carbons (Fsp3) is 0.176. The molecule has 1 heterocycles. The molecule has 3 rings (SSSR count). The van der Waals surface area contributed by atoms with Gasteiger partial charge in [0.05, 0.1) is 6.21 Å². The van der Waals surface area contributed by atoms with Crippen LogP contribution < -0.4 is 16.3 Å². The highest BCUT2D eigenvalue weighted by atomic mass is 19.1. The third kappa shape index (κ3) is 3.95. The maximum Gasteiger partial charge on any atom is 0.258 e. The molecule has 2 aromatic rings. The quantitative estimate of drug-likeness (QED) is 0.507. The van der Waals surface area contributed by atoms with Crippen molar-refractivity contribution in [3.05, 3.63) is 65.5 Å². The van der Waals surface area contributed by atoms with Gasteiger partial charge in [0.15, 0.2) is 0 Å². The van der Waals surface area contributed by atoms with Crippen LogP contribution >= 0.6 is 0 Å². The standard InChI is InChI=1S/C17H17FN4O2/c18-13-6-4-12(5-7-13)15-9-16(21-20-15)17(24)22-19-10-11-2-1-3-14(23)8-11/h1-8,10,15-16,20-21,23H,9H2,(H,22,24)/b19-10+. The van der Waals surface area contributed by atoms with Crippen LogP contribution in [0.3, 0.4) is 0 Å². The number of hydrazine groups is 1. The van der Waals surface area contributed by atoms with Crippen molar-refractivity contribution in [2.24, 2.45) is 5.10 Å². The predicted octanol–water partition coefficient (Wildman–Crippen LogP) is 1.59. The number of carbonyl (C=O) groups excluding carboxylic acids is 1. The van der Waals surface area contributed by atoms with Crippen LogP contribution in [0.2, 0.25) is 0 Å². The van der Waals surface area contributed by atoms with Crippen LogP contribution in [0.1, 0.15) is 23.6 Å². The molecular weight excluding hydrogens is 311 g/mol. The van der Waals surface area contributed by atoms with Gasteiger partial charge in [-0.3, -0.25) is 4.79 Å². The van der Waals surface area contributed by atoms with Crippen LogP contribution in [0.15, 0.2) is 53.6 Å². The number of carbonyl (C=O) groups is 1. The second-order valence-corrected chi connectivity index (χ2v) is 5.51. The summed E-state index contributed by atoms with van der Waals surface area (Å²) in [5.74, 6) is -0.433. The number of halogens is 1. The van der Waals surface area contributed by atoms with Gasteiger partial charge in [0, 0.05) is 6.04 Å². The highest BCUT2D eigenvalue weighted by Crippen LogP contribution is 2.22. The Labute approximate surface area is 138 Å². The van der Waals surface area contributed by atoms with Gasteiger partial charge >= 0.3 is 0 Å². The number of phenols is 1. The molecule has 2 aromatic carbocycles. The molecule has 0 saturated carbocycles. The maximum absolute atomic E-state index is 13.0. The van der Waals surface area contributed by atoms with Crippen LogP contribution in [0.25, 0.3) is 0 Å². The summed E-state index contributed by atoms with van der Waals surface area (Å²) in [5.41, 5.74) is 9.97. The molecule has 0 radical (unpaired) electrons. The molecule has 4 N–H and O–H groups in total. The molecule has 124 valence electrons. The summed E-state index contributed by atoms with van der Waals surface area (Å²) < 4.78 is 13.0. The number of rotatable bonds is 4. The summed E-state index contributed by atoms with van der Waals surface area (Å²) in [6, 6.07) is 12.2. The molecule has 6 nitrogen and oxygen atoms in total. The smallest absolute Gasteiger partial charge is 0.258 e. The third-order valence-electron chi connectivity index (χ3n) is 3.75. The summed E-state index contributed by atoms with van der Waals surface area (Å²) in [4.78, 5) is 12.1. The first-order valence-corrected chi connectivity index (χ1v) is 7.50. The van der Waals surface area contributed by atoms with Crippen molar-refractivity contribution < 1.29 is 14.3 Å². The number of nitrogens with one attached hydrogen (secondary N) is 3. The lowest BCUT2D eigenvalue weighted by molar-refractivity contribution is -0.122. The highest BCUT2D eigenvalue weighted by molar-refractivity contribution is 5.85. The number of hydrazone groups is 1. The van der Waals surface area contributed by atoms with E-state index in [0.717, 1.165) is 5.56 Å². The Bertz CT molecular complexity index is 749. The molecule has 0 spiro atoms. The average Bonchev–Trinajstić information content (AvgIpc) is 3.05. The normalized spacial score (nSPS) is 20.4. The van der Waals surface area contributed by atoms with Gasteiger partial charge in [-0.15, -0.1) is 0 Å². The summed E-state index contributed by atoms with van der Waals surface area (Å²) in [6.07, 6.45) is 1.98. The van der Waals surface area contributed by atoms with Crippen LogP contribution in [-0.4, -0.2) is 23.3 Å². The minimum Gasteiger partial charge on any atom is -0.508 e. The van der Waals surface area contributed by atoms with Crippen molar-refractivity contribution in [1.29, 1.82) is 0 Å². The summed E-state index contributed by atoms with van der Waals surface area (Å²) >= 11 is 0. The van der Waals surface area contributed by atoms with E-state index in [9.17, 15) is 14.3 Å². The number of aromatic hydroxyl groups is 1. The molecule has 0 bridgehead atoms. The number of benzene rings is 2. The lowest BCUT2D eigenvalue weighted by Crippen LogP contribution is -2.41. The highest BCUT2D eigenvalue weighted by Gasteiger charge is 2.29. The van der Waals surface area contributed by atoms with E-state index in [1.165, 1.54) is 24.4 Å². The van der Waals surface area contributed by atoms with Crippen LogP contribution in [0, 0.1) is 5.82 Å². The van der Waals surface area contributed by atoms with Crippen LogP contribution in [-0.2, 0) is 4.79 Å². The lowest BCUT2D eigenvalue weighted by Gasteiger charge is -2.09. The van der Waals surface area contributed by atoms with Gasteiger partial charge in [-0.2, -0.15) is 5.10 Å². The summed E-state index contributed by atoms with van der Waals surface area (Å²) in [6.45, 7) is 0. The van der Waals surface area contributed by atoms with Crippen molar-refractivity contribution in [2.45, 2.75) is 18.5 Å². The molecule has 24 heavy (non-hydrogen) atoms. The molecule has 0 aromatic heterocycles. The van der Waals surface area contributed by atoms with Crippen molar-refractivity contribution >= 4 is 12.1 Å². The van der Waals surface area contributed by atoms with Crippen LogP contribution in [0.4, 0.5) is 4.39 Å². The van der Waals surface area contributed by atoms with E-state index in [-0.39, 0.29) is 23.5 Å². The number of nitrogens with zero attached hydrogens (tertiary/aromatic N) is 1. The Kier molecular flexibility index (Phi) is 4.83. The number of hydrogen-bond donors (Lipinski definition) is 4. The monoisotopic (exact) mass is 328 g/mol. The zero-order valence-corrected chi connectivity index (χ0v) is 12.7. The first kappa shape index (κ1) is 16.1. The minimum atomic E-state index is -0.443. The first-order chi connectivity index (χ1) is 11.6. The fourth-order valence-electron chi connectivity index (χ4n) is 2.50. The fourth-order valence-corrected chi connectivity index (χ4v) is 2.50. The van der Waals surface area contributed by atoms with Crippen molar-refractivity contribution in [3.63, 3.8) is 0 Å². The molecule has 1 saturated heterocycles. The minimum absolute atomic E-state index is 0.0728. The maximum atomic E-state index is 13.0. The Morgan fingerprint density at radius 2 is 2.04 bits per heavy atom. The Morgan fingerprint density at radius 3 is 2.79 bits per heavy atom. The van der Waals surface area contributed by atoms with E-state index in [1.54, 1.807) is 30.3 Å². The third-order valence-corrected chi connectivity index (χ3v) is 3.75. The van der Waals surface area contributed by atoms with Crippen molar-refractivity contribution in [1.82, 2.24) is 16.3 Å². The van der Waals surface area contributed by atoms with Crippen LogP contribution in [0.5, 0.6) is 5.75 Å². The summed E-state index contributed by atoms with van der Waals surface area (Å²) in [5, 5.41) is 13.2. The largest absolute Gasteiger partial charge is 0.508 e. The molecule has 2 unspecified atom stereocenters. The van der Waals surface area contributed by atoms with E-state index in [2.05, 4.69) is 21.4 Å². The predicted molar refractivity (Wildman–Crippen MR) is 87.7 cm³/mol. The molecule has 1 fully saturated rings. The van der Waals surface area contributed by atoms with Gasteiger partial charge in [0.1, 0.15) is 17.6 Å². The Hall–Kier alpha value is -2.77. The second kappa shape index (κ2) is 7.20. The zero-order chi connectivity index (χ0) is 16.9. The first-order valence-electron chi connectivity index (χ1n) is 7.50. The van der Waals surface area contributed by atoms with Gasteiger partial charge in [0.2, 0.25) is 0 Å². The SMILES string of the molecule is O=C(N/N=C/c1cccc(O)c1)C1CC(c2ccc(F)cc2)NN1. The van der Waals surface area contributed by atoms with Gasteiger partial charge in [-0.1, -0.05) is 24.3 Å². The molecule has 7 heteroatoms. The summed E-state index contributed by atoms with van der Waals surface area (Å²) in [7, 11) is 0. The van der Waals surface area contributed by atoms with E-state index in [0.29, 0.717) is 12.0 Å². The number of phenolic OH excluding ortho intramolecular Hbond substituents is 1. The topological polar surface area (TPSA) is 85.8 Å². The molecular formula is C17H17FN4O2. The molecule has 2 atom stereocenters. The molecule has 0 aliphatic carbocycles. The Morgan fingerprint density at radius 1 is 1.25 bits per heavy atom. The van der Waals surface area contributed by atoms with Gasteiger partial charge in [0.25, 0.3) is 5.91 Å². The zero-order valence-electron chi connectivity index (χ0n) is 12.7.